The number of aliphatic hydroxyl groups is 11. The van der Waals surface area contributed by atoms with Crippen LogP contribution in [0.4, 0.5) is 0 Å². The Bertz CT molecular complexity index is 1650. The van der Waals surface area contributed by atoms with Crippen molar-refractivity contribution in [1.82, 2.24) is 0 Å². The maximum absolute atomic E-state index is 12.7. The molecule has 5 heterocycles. The van der Waals surface area contributed by atoms with Crippen LogP contribution in [0.25, 0.3) is 0 Å². The van der Waals surface area contributed by atoms with Gasteiger partial charge in [0.05, 0.1) is 38.6 Å². The van der Waals surface area contributed by atoms with E-state index >= 15 is 0 Å². The van der Waals surface area contributed by atoms with E-state index in [9.17, 15) is 56.2 Å². The van der Waals surface area contributed by atoms with Crippen LogP contribution in [0.15, 0.2) is 11.6 Å². The highest BCUT2D eigenvalue weighted by Crippen LogP contribution is 2.72. The van der Waals surface area contributed by atoms with Crippen molar-refractivity contribution in [2.45, 2.75) is 188 Å². The second-order valence-corrected chi connectivity index (χ2v) is 20.7. The monoisotopic (exact) mass is 902 g/mol. The minimum absolute atomic E-state index is 0.0848. The third kappa shape index (κ3) is 7.52. The van der Waals surface area contributed by atoms with Gasteiger partial charge in [-0.05, 0) is 74.5 Å². The number of rotatable bonds is 9. The molecule has 11 N–H and O–H groups in total. The molecule has 9 rings (SSSR count). The highest BCUT2D eigenvalue weighted by atomic mass is 16.8. The first kappa shape index (κ1) is 47.1. The molecule has 0 aromatic rings. The number of ether oxygens (including phenoxy) is 8. The number of aliphatic hydroxyl groups excluding tert-OH is 10. The van der Waals surface area contributed by atoms with E-state index in [1.807, 2.05) is 0 Å². The molecule has 0 radical (unpaired) electrons. The van der Waals surface area contributed by atoms with E-state index in [1.54, 1.807) is 0 Å². The lowest BCUT2D eigenvalue weighted by atomic mass is 9.46. The van der Waals surface area contributed by atoms with E-state index in [0.29, 0.717) is 37.7 Å². The van der Waals surface area contributed by atoms with Gasteiger partial charge in [-0.25, -0.2) is 0 Å². The van der Waals surface area contributed by atoms with Crippen molar-refractivity contribution < 1.29 is 94.1 Å². The third-order valence-corrected chi connectivity index (χ3v) is 17.7. The number of allylic oxidation sites excluding steroid dienone is 1. The Morgan fingerprint density at radius 3 is 2.08 bits per heavy atom. The normalized spacial score (nSPS) is 56.9. The summed E-state index contributed by atoms with van der Waals surface area (Å²) in [5, 5.41) is 117. The summed E-state index contributed by atoms with van der Waals surface area (Å²) >= 11 is 0. The molecule has 5 saturated heterocycles. The Labute approximate surface area is 366 Å². The van der Waals surface area contributed by atoms with Gasteiger partial charge in [0, 0.05) is 30.3 Å². The van der Waals surface area contributed by atoms with Gasteiger partial charge in [0.15, 0.2) is 24.7 Å². The van der Waals surface area contributed by atoms with Gasteiger partial charge in [0.2, 0.25) is 0 Å². The lowest BCUT2D eigenvalue weighted by molar-refractivity contribution is -0.350. The average Bonchev–Trinajstić information content (AvgIpc) is 3.63. The summed E-state index contributed by atoms with van der Waals surface area (Å²) in [6.45, 7) is 5.73. The largest absolute Gasteiger partial charge is 0.396 e. The van der Waals surface area contributed by atoms with Crippen LogP contribution in [0.2, 0.25) is 0 Å². The van der Waals surface area contributed by atoms with E-state index < -0.39 is 111 Å². The number of fused-ring (bicyclic) bond motifs is 7. The molecular formula is C44H70O19. The Morgan fingerprint density at radius 1 is 0.714 bits per heavy atom. The van der Waals surface area contributed by atoms with Gasteiger partial charge in [-0.1, -0.05) is 32.4 Å². The van der Waals surface area contributed by atoms with Gasteiger partial charge >= 0.3 is 0 Å². The molecule has 0 aromatic heterocycles. The Morgan fingerprint density at radius 2 is 1.40 bits per heavy atom. The van der Waals surface area contributed by atoms with Crippen molar-refractivity contribution in [1.29, 1.82) is 0 Å². The van der Waals surface area contributed by atoms with Crippen molar-refractivity contribution in [3.8, 4) is 0 Å². The van der Waals surface area contributed by atoms with E-state index in [-0.39, 0.29) is 54.0 Å². The first-order valence-corrected chi connectivity index (χ1v) is 23.2. The molecule has 8 fully saturated rings. The molecule has 19 nitrogen and oxygen atoms in total. The van der Waals surface area contributed by atoms with Gasteiger partial charge < -0.3 is 94.1 Å². The maximum Gasteiger partial charge on any atom is 0.187 e. The van der Waals surface area contributed by atoms with Crippen LogP contribution in [-0.4, -0.2) is 199 Å². The minimum Gasteiger partial charge on any atom is -0.396 e. The second-order valence-electron chi connectivity index (χ2n) is 20.7. The van der Waals surface area contributed by atoms with Gasteiger partial charge in [-0.2, -0.15) is 0 Å². The summed E-state index contributed by atoms with van der Waals surface area (Å²) in [5.74, 6) is 0.116. The lowest BCUT2D eigenvalue weighted by Crippen LogP contribution is -2.63. The quantitative estimate of drug-likeness (QED) is 0.111. The highest BCUT2D eigenvalue weighted by Gasteiger charge is 2.76. The molecule has 3 saturated carbocycles. The molecule has 63 heavy (non-hydrogen) atoms. The first-order valence-electron chi connectivity index (χ1n) is 23.2. The Hall–Kier alpha value is -1.02. The zero-order chi connectivity index (χ0) is 45.0. The van der Waals surface area contributed by atoms with E-state index in [2.05, 4.69) is 26.8 Å². The summed E-state index contributed by atoms with van der Waals surface area (Å²) in [7, 11) is 0. The SMILES string of the molecule is C[C@@H]1[C@@]2(CC[C@@H](CO)CO2)O[C@H]2C[C@H]3[C@@H]4CC=C5C[C@@H](O[C@@H]6O[C@H](CO[C@H]7OC[C@H](O[C@@H]8O[C@H](CO)[C@@H](O)[C@H](O)[C@H]8O)[C@H](O)[C@H]7O)[C@@H](O)[C@H](O)[C@H]6O)CC[C@]5(C)[C@H]4CC[C@]3(C)[C@]21O. The maximum atomic E-state index is 12.7. The van der Waals surface area contributed by atoms with Crippen LogP contribution < -0.4 is 0 Å². The molecule has 0 aromatic carbocycles. The highest BCUT2D eigenvalue weighted by molar-refractivity contribution is 5.29. The molecule has 0 bridgehead atoms. The molecule has 360 valence electrons. The first-order chi connectivity index (χ1) is 29.9. The van der Waals surface area contributed by atoms with E-state index in [1.165, 1.54) is 5.57 Å². The Kier molecular flexibility index (Phi) is 13.1. The number of hydrogen-bond acceptors (Lipinski definition) is 19. The van der Waals surface area contributed by atoms with Crippen LogP contribution in [0.5, 0.6) is 0 Å². The topological polar surface area (TPSA) is 296 Å². The predicted octanol–water partition coefficient (Wildman–Crippen LogP) is -2.09. The third-order valence-electron chi connectivity index (χ3n) is 17.7. The summed E-state index contributed by atoms with van der Waals surface area (Å²) in [4.78, 5) is 0. The van der Waals surface area contributed by atoms with Gasteiger partial charge in [-0.15, -0.1) is 0 Å². The lowest BCUT2D eigenvalue weighted by Gasteiger charge is -2.60. The molecule has 25 atom stereocenters. The molecule has 1 spiro atoms. The molecule has 0 unspecified atom stereocenters. The van der Waals surface area contributed by atoms with E-state index in [0.717, 1.165) is 38.5 Å². The molecule has 0 amide bonds. The van der Waals surface area contributed by atoms with Crippen LogP contribution in [-0.2, 0) is 37.9 Å². The smallest absolute Gasteiger partial charge is 0.187 e. The van der Waals surface area contributed by atoms with Crippen molar-refractivity contribution >= 4 is 0 Å². The van der Waals surface area contributed by atoms with Crippen molar-refractivity contribution in [2.75, 3.05) is 33.0 Å². The Balaban J connectivity index is 0.798. The summed E-state index contributed by atoms with van der Waals surface area (Å²) in [5.41, 5.74) is -0.155. The van der Waals surface area contributed by atoms with Crippen LogP contribution >= 0.6 is 0 Å². The standard InChI is InChI=1S/C44H70O19/c1-19-43(11-6-20(14-45)16-58-43)63-29-13-25-23-5-4-21-12-22(7-9-41(21,2)24(23)8-10-42(25,3)44(19,29)55)59-39-36(53)34(51)31(48)27(61-39)17-56-38-35(52)32(49)28(18-57-38)62-40-37(54)33(50)30(47)26(15-46)60-40/h4,19-20,22-40,45-55H,5-18H2,1-3H3/t19-,20+,22+,23-,24+,25+,26-,27-,28+,29+,30-,31-,32+,33+,34+,35-,36-,37-,38+,39-,40+,41+,42+,43-,44-/m1/s1. The zero-order valence-corrected chi connectivity index (χ0v) is 36.3. The number of hydrogen-bond donors (Lipinski definition) is 11. The van der Waals surface area contributed by atoms with Crippen LogP contribution in [0.1, 0.15) is 78.6 Å². The van der Waals surface area contributed by atoms with Gasteiger partial charge in [0.25, 0.3) is 0 Å². The van der Waals surface area contributed by atoms with Crippen molar-refractivity contribution in [3.63, 3.8) is 0 Å². The summed E-state index contributed by atoms with van der Waals surface area (Å²) in [6.07, 6.45) is -12.6. The minimum atomic E-state index is -1.74. The van der Waals surface area contributed by atoms with Crippen LogP contribution in [0, 0.1) is 40.4 Å². The zero-order valence-electron chi connectivity index (χ0n) is 36.3. The van der Waals surface area contributed by atoms with Crippen molar-refractivity contribution in [2.24, 2.45) is 40.4 Å². The van der Waals surface area contributed by atoms with E-state index in [4.69, 9.17) is 37.9 Å². The van der Waals surface area contributed by atoms with Crippen LogP contribution in [0.3, 0.4) is 0 Å². The van der Waals surface area contributed by atoms with Gasteiger partial charge in [0.1, 0.15) is 72.7 Å². The molecule has 9 aliphatic rings. The molecular weight excluding hydrogens is 832 g/mol. The second kappa shape index (κ2) is 17.5. The fourth-order valence-corrected chi connectivity index (χ4v) is 13.7. The molecule has 5 aliphatic heterocycles. The average molecular weight is 903 g/mol. The fourth-order valence-electron chi connectivity index (χ4n) is 13.7. The predicted molar refractivity (Wildman–Crippen MR) is 212 cm³/mol. The summed E-state index contributed by atoms with van der Waals surface area (Å²) < 4.78 is 47.7. The fraction of sp³-hybridized carbons (Fsp3) is 0.955. The molecule has 4 aliphatic carbocycles. The van der Waals surface area contributed by atoms with Crippen molar-refractivity contribution in [3.05, 3.63) is 11.6 Å². The molecule has 19 heteroatoms. The van der Waals surface area contributed by atoms with Gasteiger partial charge in [-0.3, -0.25) is 0 Å². The summed E-state index contributed by atoms with van der Waals surface area (Å²) in [6, 6.07) is 0.